The maximum absolute atomic E-state index is 12.6. The molecule has 1 saturated heterocycles. The van der Waals surface area contributed by atoms with Gasteiger partial charge < -0.3 is 9.47 Å². The number of Topliss-reactive ketones (excluding diaryl/α,β-unsaturated/α-hetero) is 1. The number of carbonyl (C=O) groups is 1. The van der Waals surface area contributed by atoms with Crippen LogP contribution >= 0.6 is 0 Å². The Balaban J connectivity index is 2.12. The Hall–Kier alpha value is -1.33. The fraction of sp³-hybridized carbons (Fsp3) is 0.455. The molecule has 2 rings (SSSR count). The van der Waals surface area contributed by atoms with Crippen molar-refractivity contribution in [1.29, 1.82) is 0 Å². The quantitative estimate of drug-likeness (QED) is 0.716. The zero-order valence-corrected chi connectivity index (χ0v) is 9.07. The van der Waals surface area contributed by atoms with E-state index in [9.17, 15) is 9.18 Å². The minimum Gasteiger partial charge on any atom is -0.347 e. The van der Waals surface area contributed by atoms with Crippen LogP contribution in [0.3, 0.4) is 0 Å². The molecule has 1 atom stereocenters. The summed E-state index contributed by atoms with van der Waals surface area (Å²) in [7, 11) is 0. The fourth-order valence-electron chi connectivity index (χ4n) is 1.50. The van der Waals surface area contributed by atoms with Crippen LogP contribution in [-0.4, -0.2) is 29.3 Å². The number of nitrogens with zero attached hydrogens (tertiary/aromatic N) is 1. The van der Waals surface area contributed by atoms with Crippen molar-refractivity contribution in [3.05, 3.63) is 29.8 Å². The molecule has 1 fully saturated rings. The van der Waals surface area contributed by atoms with E-state index in [4.69, 9.17) is 9.47 Å². The molecule has 4 nitrogen and oxygen atoms in total. The second-order valence-electron chi connectivity index (χ2n) is 4.04. The summed E-state index contributed by atoms with van der Waals surface area (Å²) in [5, 5.41) is 0. The van der Waals surface area contributed by atoms with Crippen LogP contribution < -0.4 is 0 Å². The van der Waals surface area contributed by atoms with Gasteiger partial charge in [-0.25, -0.2) is 9.37 Å². The summed E-state index contributed by atoms with van der Waals surface area (Å²) in [5.41, 5.74) is 0.188. The van der Waals surface area contributed by atoms with Gasteiger partial charge in [-0.3, -0.25) is 4.79 Å². The Bertz CT molecular complexity index is 402. The minimum atomic E-state index is -0.750. The molecule has 2 heterocycles. The number of ether oxygens (including phenoxy) is 2. The monoisotopic (exact) mass is 225 g/mol. The molecule has 0 radical (unpaired) electrons. The molecule has 1 aromatic heterocycles. The first-order chi connectivity index (χ1) is 7.48. The third-order valence-electron chi connectivity index (χ3n) is 2.28. The lowest BCUT2D eigenvalue weighted by molar-refractivity contribution is -0.133. The van der Waals surface area contributed by atoms with Gasteiger partial charge in [0, 0.05) is 0 Å². The van der Waals surface area contributed by atoms with Crippen LogP contribution in [0.15, 0.2) is 18.3 Å². The van der Waals surface area contributed by atoms with E-state index in [-0.39, 0.29) is 18.1 Å². The molecular formula is C11H12FNO3. The normalized spacial score (nSPS) is 23.3. The molecule has 0 saturated carbocycles. The number of halogens is 1. The second kappa shape index (κ2) is 3.92. The Morgan fingerprint density at radius 2 is 2.31 bits per heavy atom. The molecule has 1 aliphatic rings. The average Bonchev–Trinajstić information content (AvgIpc) is 2.59. The van der Waals surface area contributed by atoms with E-state index in [0.29, 0.717) is 0 Å². The van der Waals surface area contributed by atoms with E-state index >= 15 is 0 Å². The average molecular weight is 225 g/mol. The highest BCUT2D eigenvalue weighted by molar-refractivity contribution is 5.98. The molecule has 0 amide bonds. The molecule has 16 heavy (non-hydrogen) atoms. The second-order valence-corrected chi connectivity index (χ2v) is 4.04. The van der Waals surface area contributed by atoms with Gasteiger partial charge in [0.1, 0.15) is 17.6 Å². The van der Waals surface area contributed by atoms with E-state index in [1.807, 2.05) is 0 Å². The molecule has 0 spiro atoms. The molecule has 0 N–H and O–H groups in total. The van der Waals surface area contributed by atoms with Gasteiger partial charge in [-0.05, 0) is 26.0 Å². The van der Waals surface area contributed by atoms with Crippen molar-refractivity contribution >= 4 is 5.78 Å². The van der Waals surface area contributed by atoms with Crippen LogP contribution in [0.2, 0.25) is 0 Å². The van der Waals surface area contributed by atoms with Crippen LogP contribution in [-0.2, 0) is 9.47 Å². The van der Waals surface area contributed by atoms with Gasteiger partial charge in [-0.2, -0.15) is 0 Å². The van der Waals surface area contributed by atoms with Gasteiger partial charge in [0.25, 0.3) is 0 Å². The predicted molar refractivity (Wildman–Crippen MR) is 53.4 cm³/mol. The van der Waals surface area contributed by atoms with Gasteiger partial charge in [0.15, 0.2) is 5.79 Å². The van der Waals surface area contributed by atoms with Gasteiger partial charge in [0.05, 0.1) is 12.8 Å². The van der Waals surface area contributed by atoms with Crippen LogP contribution in [0.1, 0.15) is 24.3 Å². The van der Waals surface area contributed by atoms with Crippen LogP contribution in [0.25, 0.3) is 0 Å². The van der Waals surface area contributed by atoms with Gasteiger partial charge in [0.2, 0.25) is 5.78 Å². The summed E-state index contributed by atoms with van der Waals surface area (Å²) < 4.78 is 23.3. The summed E-state index contributed by atoms with van der Waals surface area (Å²) in [6.45, 7) is 3.67. The van der Waals surface area contributed by atoms with Crippen molar-refractivity contribution in [1.82, 2.24) is 4.98 Å². The number of aromatic nitrogens is 1. The number of carbonyl (C=O) groups excluding carboxylic acids is 1. The molecular weight excluding hydrogens is 213 g/mol. The third kappa shape index (κ3) is 2.25. The van der Waals surface area contributed by atoms with Gasteiger partial charge in [-0.1, -0.05) is 0 Å². The van der Waals surface area contributed by atoms with E-state index in [1.54, 1.807) is 13.8 Å². The predicted octanol–water partition coefficient (Wildman–Crippen LogP) is 1.55. The van der Waals surface area contributed by atoms with Crippen LogP contribution in [0.4, 0.5) is 4.39 Å². The van der Waals surface area contributed by atoms with Crippen LogP contribution in [0, 0.1) is 5.82 Å². The topological polar surface area (TPSA) is 48.4 Å². The molecule has 0 unspecified atom stereocenters. The first-order valence-electron chi connectivity index (χ1n) is 4.95. The SMILES string of the molecule is CC1(C)OC[C@H](C(=O)c2ccc(F)cn2)O1. The molecule has 5 heteroatoms. The number of hydrogen-bond acceptors (Lipinski definition) is 4. The zero-order chi connectivity index (χ0) is 11.8. The highest BCUT2D eigenvalue weighted by atomic mass is 19.1. The molecule has 1 aromatic rings. The minimum absolute atomic E-state index is 0.188. The summed E-state index contributed by atoms with van der Waals surface area (Å²) in [6, 6.07) is 2.54. The first kappa shape index (κ1) is 11.2. The van der Waals surface area contributed by atoms with Crippen molar-refractivity contribution < 1.29 is 18.7 Å². The Morgan fingerprint density at radius 3 is 2.81 bits per heavy atom. The standard InChI is InChI=1S/C11H12FNO3/c1-11(2)15-6-9(16-11)10(14)8-4-3-7(12)5-13-8/h3-5,9H,6H2,1-2H3/t9-/m1/s1. The largest absolute Gasteiger partial charge is 0.347 e. The lowest BCUT2D eigenvalue weighted by Crippen LogP contribution is -2.27. The summed E-state index contributed by atoms with van der Waals surface area (Å²) in [4.78, 5) is 15.6. The van der Waals surface area contributed by atoms with E-state index in [1.165, 1.54) is 12.1 Å². The van der Waals surface area contributed by atoms with Gasteiger partial charge in [-0.15, -0.1) is 0 Å². The fourth-order valence-corrected chi connectivity index (χ4v) is 1.50. The lowest BCUT2D eigenvalue weighted by atomic mass is 10.1. The smallest absolute Gasteiger partial charge is 0.212 e. The van der Waals surface area contributed by atoms with Crippen molar-refractivity contribution in [3.8, 4) is 0 Å². The molecule has 0 aromatic carbocycles. The van der Waals surface area contributed by atoms with Crippen molar-refractivity contribution in [2.45, 2.75) is 25.7 Å². The van der Waals surface area contributed by atoms with Crippen LogP contribution in [0.5, 0.6) is 0 Å². The summed E-state index contributed by atoms with van der Waals surface area (Å²) in [6.07, 6.45) is 0.349. The zero-order valence-electron chi connectivity index (χ0n) is 9.07. The van der Waals surface area contributed by atoms with E-state index < -0.39 is 17.7 Å². The van der Waals surface area contributed by atoms with Gasteiger partial charge >= 0.3 is 0 Å². The number of ketones is 1. The van der Waals surface area contributed by atoms with Crippen molar-refractivity contribution in [2.75, 3.05) is 6.61 Å². The molecule has 1 aliphatic heterocycles. The molecule has 0 bridgehead atoms. The maximum atomic E-state index is 12.6. The Kier molecular flexibility index (Phi) is 2.73. The number of hydrogen-bond donors (Lipinski definition) is 0. The summed E-state index contributed by atoms with van der Waals surface area (Å²) >= 11 is 0. The number of pyridine rings is 1. The Labute approximate surface area is 92.4 Å². The van der Waals surface area contributed by atoms with Crippen molar-refractivity contribution in [3.63, 3.8) is 0 Å². The van der Waals surface area contributed by atoms with E-state index in [0.717, 1.165) is 6.20 Å². The molecule has 86 valence electrons. The highest BCUT2D eigenvalue weighted by Crippen LogP contribution is 2.24. The first-order valence-corrected chi connectivity index (χ1v) is 4.95. The highest BCUT2D eigenvalue weighted by Gasteiger charge is 2.37. The Morgan fingerprint density at radius 1 is 1.56 bits per heavy atom. The summed E-state index contributed by atoms with van der Waals surface area (Å²) in [5.74, 6) is -1.51. The number of rotatable bonds is 2. The van der Waals surface area contributed by atoms with E-state index in [2.05, 4.69) is 4.98 Å². The third-order valence-corrected chi connectivity index (χ3v) is 2.28. The molecule has 0 aliphatic carbocycles. The van der Waals surface area contributed by atoms with Crippen molar-refractivity contribution in [2.24, 2.45) is 0 Å². The lowest BCUT2D eigenvalue weighted by Gasteiger charge is -2.16. The maximum Gasteiger partial charge on any atom is 0.212 e.